The van der Waals surface area contributed by atoms with Crippen LogP contribution in [0.2, 0.25) is 0 Å². The predicted molar refractivity (Wildman–Crippen MR) is 92.0 cm³/mol. The van der Waals surface area contributed by atoms with Gasteiger partial charge in [0.15, 0.2) is 17.7 Å². The molecule has 1 amide bonds. The van der Waals surface area contributed by atoms with E-state index < -0.39 is 29.6 Å². The molecule has 26 heavy (non-hydrogen) atoms. The minimum Gasteiger partial charge on any atom is -0.494 e. The highest BCUT2D eigenvalue weighted by atomic mass is 19.1. The first-order valence-electron chi connectivity index (χ1n) is 7.89. The maximum Gasteiger partial charge on any atom is 0.311 e. The van der Waals surface area contributed by atoms with Crippen molar-refractivity contribution in [2.45, 2.75) is 26.4 Å². The Kier molecular flexibility index (Phi) is 6.27. The number of nitrogens with one attached hydrogen (secondary N) is 1. The number of anilines is 1. The van der Waals surface area contributed by atoms with Crippen LogP contribution in [0.1, 0.15) is 18.1 Å². The quantitative estimate of drug-likeness (QED) is 0.799. The molecular formula is C19H19F2NO4. The van der Waals surface area contributed by atoms with E-state index in [2.05, 4.69) is 5.32 Å². The molecule has 0 aliphatic heterocycles. The molecule has 0 bridgehead atoms. The summed E-state index contributed by atoms with van der Waals surface area (Å²) in [5.74, 6) is -2.26. The molecule has 0 saturated carbocycles. The van der Waals surface area contributed by atoms with Crippen LogP contribution in [0.25, 0.3) is 0 Å². The van der Waals surface area contributed by atoms with Crippen molar-refractivity contribution in [2.75, 3.05) is 12.4 Å². The van der Waals surface area contributed by atoms with Crippen molar-refractivity contribution in [3.63, 3.8) is 0 Å². The Morgan fingerprint density at radius 2 is 1.85 bits per heavy atom. The topological polar surface area (TPSA) is 64.6 Å². The summed E-state index contributed by atoms with van der Waals surface area (Å²) in [6, 6.07) is 8.36. The lowest BCUT2D eigenvalue weighted by molar-refractivity contribution is -0.152. The first kappa shape index (κ1) is 19.4. The van der Waals surface area contributed by atoms with E-state index in [9.17, 15) is 18.4 Å². The van der Waals surface area contributed by atoms with Crippen molar-refractivity contribution in [3.05, 3.63) is 59.2 Å². The van der Waals surface area contributed by atoms with E-state index in [1.807, 2.05) is 0 Å². The second-order valence-corrected chi connectivity index (χ2v) is 5.73. The lowest BCUT2D eigenvalue weighted by Crippen LogP contribution is -2.30. The normalized spacial score (nSPS) is 11.6. The molecule has 1 N–H and O–H groups in total. The third-order valence-electron chi connectivity index (χ3n) is 3.68. The second kappa shape index (κ2) is 8.42. The maximum atomic E-state index is 13.6. The van der Waals surface area contributed by atoms with Gasteiger partial charge in [0, 0.05) is 5.69 Å². The molecule has 2 rings (SSSR count). The van der Waals surface area contributed by atoms with Crippen LogP contribution in [-0.2, 0) is 20.7 Å². The standard InChI is InChI=1S/C19H19F2NO4/c1-11-4-6-14(10-15(11)20)22-19(24)12(2)26-18(23)9-13-5-7-17(25-3)16(21)8-13/h4-8,10,12H,9H2,1-3H3,(H,22,24)/t12-/m1/s1. The van der Waals surface area contributed by atoms with E-state index in [0.717, 1.165) is 0 Å². The third-order valence-corrected chi connectivity index (χ3v) is 3.68. The number of ether oxygens (including phenoxy) is 2. The van der Waals surface area contributed by atoms with Gasteiger partial charge in [-0.15, -0.1) is 0 Å². The van der Waals surface area contributed by atoms with E-state index >= 15 is 0 Å². The highest BCUT2D eigenvalue weighted by Gasteiger charge is 2.19. The van der Waals surface area contributed by atoms with Crippen molar-refractivity contribution < 1.29 is 27.8 Å². The van der Waals surface area contributed by atoms with E-state index in [4.69, 9.17) is 9.47 Å². The smallest absolute Gasteiger partial charge is 0.311 e. The number of aryl methyl sites for hydroxylation is 1. The SMILES string of the molecule is COc1ccc(CC(=O)O[C@H](C)C(=O)Nc2ccc(C)c(F)c2)cc1F. The van der Waals surface area contributed by atoms with Crippen LogP contribution in [0.3, 0.4) is 0 Å². The Morgan fingerprint density at radius 3 is 2.46 bits per heavy atom. The van der Waals surface area contributed by atoms with E-state index in [-0.39, 0.29) is 17.9 Å². The summed E-state index contributed by atoms with van der Waals surface area (Å²) in [4.78, 5) is 24.0. The molecule has 0 aliphatic rings. The molecule has 7 heteroatoms. The molecule has 2 aromatic rings. The number of hydrogen-bond acceptors (Lipinski definition) is 4. The molecule has 0 spiro atoms. The van der Waals surface area contributed by atoms with Crippen LogP contribution in [0, 0.1) is 18.6 Å². The molecule has 0 aliphatic carbocycles. The van der Waals surface area contributed by atoms with E-state index in [0.29, 0.717) is 11.1 Å². The lowest BCUT2D eigenvalue weighted by atomic mass is 10.1. The molecular weight excluding hydrogens is 344 g/mol. The fourth-order valence-corrected chi connectivity index (χ4v) is 2.19. The first-order chi connectivity index (χ1) is 12.3. The van der Waals surface area contributed by atoms with Gasteiger partial charge in [-0.3, -0.25) is 9.59 Å². The third kappa shape index (κ3) is 5.02. The molecule has 138 valence electrons. The van der Waals surface area contributed by atoms with Gasteiger partial charge < -0.3 is 14.8 Å². The van der Waals surface area contributed by atoms with Crippen LogP contribution in [0.4, 0.5) is 14.5 Å². The summed E-state index contributed by atoms with van der Waals surface area (Å²) in [6.07, 6.45) is -1.28. The fourth-order valence-electron chi connectivity index (χ4n) is 2.19. The first-order valence-corrected chi connectivity index (χ1v) is 7.89. The van der Waals surface area contributed by atoms with E-state index in [1.165, 1.54) is 44.4 Å². The maximum absolute atomic E-state index is 13.6. The monoisotopic (exact) mass is 363 g/mol. The molecule has 0 aromatic heterocycles. The number of amides is 1. The summed E-state index contributed by atoms with van der Waals surface area (Å²) in [6.45, 7) is 3.00. The van der Waals surface area contributed by atoms with Gasteiger partial charge in [0.25, 0.3) is 5.91 Å². The average Bonchev–Trinajstić information content (AvgIpc) is 2.58. The van der Waals surface area contributed by atoms with Gasteiger partial charge in [0.1, 0.15) is 5.82 Å². The Morgan fingerprint density at radius 1 is 1.12 bits per heavy atom. The zero-order valence-electron chi connectivity index (χ0n) is 14.6. The zero-order valence-corrected chi connectivity index (χ0v) is 14.6. The number of esters is 1. The van der Waals surface area contributed by atoms with Crippen molar-refractivity contribution in [1.82, 2.24) is 0 Å². The Labute approximate surface area is 149 Å². The molecule has 0 unspecified atom stereocenters. The average molecular weight is 363 g/mol. The minimum atomic E-state index is -1.09. The highest BCUT2D eigenvalue weighted by Crippen LogP contribution is 2.18. The second-order valence-electron chi connectivity index (χ2n) is 5.73. The summed E-state index contributed by atoms with van der Waals surface area (Å²) in [5.41, 5.74) is 1.11. The van der Waals surface area contributed by atoms with Crippen LogP contribution in [-0.4, -0.2) is 25.1 Å². The largest absolute Gasteiger partial charge is 0.494 e. The molecule has 2 aromatic carbocycles. The van der Waals surface area contributed by atoms with Crippen LogP contribution < -0.4 is 10.1 Å². The fraction of sp³-hybridized carbons (Fsp3) is 0.263. The van der Waals surface area contributed by atoms with Gasteiger partial charge in [-0.05, 0) is 49.2 Å². The molecule has 0 fully saturated rings. The van der Waals surface area contributed by atoms with Crippen molar-refractivity contribution in [2.24, 2.45) is 0 Å². The van der Waals surface area contributed by atoms with Gasteiger partial charge in [0.05, 0.1) is 13.5 Å². The van der Waals surface area contributed by atoms with Gasteiger partial charge in [-0.1, -0.05) is 12.1 Å². The van der Waals surface area contributed by atoms with Crippen LogP contribution in [0.5, 0.6) is 5.75 Å². The Balaban J connectivity index is 1.92. The number of hydrogen-bond donors (Lipinski definition) is 1. The molecule has 0 saturated heterocycles. The van der Waals surface area contributed by atoms with Gasteiger partial charge in [-0.2, -0.15) is 0 Å². The van der Waals surface area contributed by atoms with Crippen molar-refractivity contribution >= 4 is 17.6 Å². The van der Waals surface area contributed by atoms with Gasteiger partial charge in [-0.25, -0.2) is 8.78 Å². The number of carbonyl (C=O) groups is 2. The van der Waals surface area contributed by atoms with E-state index in [1.54, 1.807) is 13.0 Å². The number of methoxy groups -OCH3 is 1. The lowest BCUT2D eigenvalue weighted by Gasteiger charge is -2.14. The van der Waals surface area contributed by atoms with Gasteiger partial charge in [0.2, 0.25) is 0 Å². The number of rotatable bonds is 6. The minimum absolute atomic E-state index is 0.0696. The Bertz CT molecular complexity index is 823. The summed E-state index contributed by atoms with van der Waals surface area (Å²) >= 11 is 0. The summed E-state index contributed by atoms with van der Waals surface area (Å²) < 4.78 is 37.0. The van der Waals surface area contributed by atoms with Crippen molar-refractivity contribution in [1.29, 1.82) is 0 Å². The summed E-state index contributed by atoms with van der Waals surface area (Å²) in [7, 11) is 1.34. The number of carbonyl (C=O) groups excluding carboxylic acids is 2. The molecule has 1 atom stereocenters. The molecule has 5 nitrogen and oxygen atoms in total. The zero-order chi connectivity index (χ0) is 19.3. The number of halogens is 2. The van der Waals surface area contributed by atoms with Crippen molar-refractivity contribution in [3.8, 4) is 5.75 Å². The predicted octanol–water partition coefficient (Wildman–Crippen LogP) is 3.39. The summed E-state index contributed by atoms with van der Waals surface area (Å²) in [5, 5.41) is 2.47. The molecule has 0 radical (unpaired) electrons. The highest BCUT2D eigenvalue weighted by molar-refractivity contribution is 5.95. The molecule has 0 heterocycles. The van der Waals surface area contributed by atoms with Crippen LogP contribution >= 0.6 is 0 Å². The van der Waals surface area contributed by atoms with Gasteiger partial charge >= 0.3 is 5.97 Å². The number of benzene rings is 2. The van der Waals surface area contributed by atoms with Crippen LogP contribution in [0.15, 0.2) is 36.4 Å². The Hall–Kier alpha value is -2.96.